The lowest BCUT2D eigenvalue weighted by atomic mass is 9.95. The molecule has 0 spiro atoms. The van der Waals surface area contributed by atoms with Crippen LogP contribution in [-0.4, -0.2) is 30.3 Å². The summed E-state index contributed by atoms with van der Waals surface area (Å²) >= 11 is 0. The number of amides is 1. The van der Waals surface area contributed by atoms with E-state index in [9.17, 15) is 4.79 Å². The number of alkyl carbamates (subject to hydrolysis) is 1. The van der Waals surface area contributed by atoms with Crippen molar-refractivity contribution in [1.82, 2.24) is 10.6 Å². The van der Waals surface area contributed by atoms with Crippen LogP contribution >= 0.6 is 0 Å². The topological polar surface area (TPSA) is 74.1 Å². The smallest absolute Gasteiger partial charge is 0.409 e. The molecule has 14 heavy (non-hydrogen) atoms. The van der Waals surface area contributed by atoms with Crippen molar-refractivity contribution in [3.63, 3.8) is 0 Å². The van der Waals surface area contributed by atoms with Crippen molar-refractivity contribution in [2.45, 2.75) is 31.9 Å². The third-order valence-electron chi connectivity index (χ3n) is 1.81. The maximum absolute atomic E-state index is 11.3. The van der Waals surface area contributed by atoms with Crippen molar-refractivity contribution < 1.29 is 9.53 Å². The van der Waals surface area contributed by atoms with Crippen LogP contribution in [0.2, 0.25) is 0 Å². The van der Waals surface area contributed by atoms with Crippen molar-refractivity contribution in [2.75, 3.05) is 13.1 Å². The number of nitrogens with zero attached hydrogens (tertiary/aromatic N) is 1. The molecule has 0 saturated carbocycles. The summed E-state index contributed by atoms with van der Waals surface area (Å²) in [6, 6.07) is 2.06. The molecule has 1 saturated heterocycles. The largest absolute Gasteiger partial charge is 0.444 e. The Morgan fingerprint density at radius 2 is 2.14 bits per heavy atom. The fraction of sp³-hybridized carbons (Fsp3) is 0.778. The second kappa shape index (κ2) is 3.46. The highest BCUT2D eigenvalue weighted by atomic mass is 16.6. The lowest BCUT2D eigenvalue weighted by molar-refractivity contribution is 0.0453. The molecule has 0 aliphatic carbocycles. The first kappa shape index (κ1) is 10.8. The third-order valence-corrected chi connectivity index (χ3v) is 1.81. The molecule has 1 heterocycles. The zero-order valence-electron chi connectivity index (χ0n) is 8.68. The molecule has 0 aromatic heterocycles. The third kappa shape index (κ3) is 2.60. The summed E-state index contributed by atoms with van der Waals surface area (Å²) in [6.45, 7) is 6.30. The highest BCUT2D eigenvalue weighted by Crippen LogP contribution is 2.12. The quantitative estimate of drug-likeness (QED) is 0.637. The first-order chi connectivity index (χ1) is 6.37. The van der Waals surface area contributed by atoms with Crippen LogP contribution < -0.4 is 10.6 Å². The minimum absolute atomic E-state index is 0.475. The summed E-state index contributed by atoms with van der Waals surface area (Å²) in [7, 11) is 0. The van der Waals surface area contributed by atoms with Gasteiger partial charge in [0.05, 0.1) is 6.07 Å². The van der Waals surface area contributed by atoms with Gasteiger partial charge in [-0.25, -0.2) is 4.79 Å². The molecule has 0 radical (unpaired) electrons. The molecule has 78 valence electrons. The van der Waals surface area contributed by atoms with Crippen molar-refractivity contribution >= 4 is 6.09 Å². The highest BCUT2D eigenvalue weighted by Gasteiger charge is 2.39. The molecule has 1 aliphatic heterocycles. The maximum Gasteiger partial charge on any atom is 0.409 e. The number of ether oxygens (including phenoxy) is 1. The van der Waals surface area contributed by atoms with Gasteiger partial charge in [-0.2, -0.15) is 5.26 Å². The Morgan fingerprint density at radius 3 is 2.43 bits per heavy atom. The molecule has 1 rings (SSSR count). The van der Waals surface area contributed by atoms with Gasteiger partial charge in [-0.05, 0) is 20.8 Å². The summed E-state index contributed by atoms with van der Waals surface area (Å²) in [4.78, 5) is 11.3. The Hall–Kier alpha value is -1.28. The summed E-state index contributed by atoms with van der Waals surface area (Å²) in [5, 5.41) is 14.3. The van der Waals surface area contributed by atoms with Gasteiger partial charge >= 0.3 is 6.09 Å². The average Bonchev–Trinajstić information content (AvgIpc) is 1.93. The van der Waals surface area contributed by atoms with Crippen molar-refractivity contribution in [2.24, 2.45) is 0 Å². The van der Waals surface area contributed by atoms with Crippen molar-refractivity contribution in [3.05, 3.63) is 0 Å². The maximum atomic E-state index is 11.3. The molecule has 1 amide bonds. The van der Waals surface area contributed by atoms with Gasteiger partial charge in [0.15, 0.2) is 5.54 Å². The van der Waals surface area contributed by atoms with Gasteiger partial charge in [0.1, 0.15) is 5.60 Å². The van der Waals surface area contributed by atoms with Crippen LogP contribution in [-0.2, 0) is 4.74 Å². The molecule has 1 fully saturated rings. The fourth-order valence-corrected chi connectivity index (χ4v) is 1.07. The van der Waals surface area contributed by atoms with Crippen LogP contribution in [0.25, 0.3) is 0 Å². The van der Waals surface area contributed by atoms with E-state index in [0.717, 1.165) is 0 Å². The van der Waals surface area contributed by atoms with Crippen LogP contribution in [0, 0.1) is 11.3 Å². The zero-order chi connectivity index (χ0) is 10.8. The van der Waals surface area contributed by atoms with Gasteiger partial charge in [0, 0.05) is 13.1 Å². The fourth-order valence-electron chi connectivity index (χ4n) is 1.07. The molecule has 0 bridgehead atoms. The Morgan fingerprint density at radius 1 is 1.57 bits per heavy atom. The summed E-state index contributed by atoms with van der Waals surface area (Å²) < 4.78 is 5.04. The molecule has 2 N–H and O–H groups in total. The number of carbonyl (C=O) groups excluding carboxylic acids is 1. The van der Waals surface area contributed by atoms with Crippen LogP contribution in [0.4, 0.5) is 4.79 Å². The Labute approximate surface area is 83.4 Å². The van der Waals surface area contributed by atoms with E-state index in [0.29, 0.717) is 13.1 Å². The highest BCUT2D eigenvalue weighted by molar-refractivity contribution is 5.70. The van der Waals surface area contributed by atoms with Gasteiger partial charge in [0.25, 0.3) is 0 Å². The second-order valence-corrected chi connectivity index (χ2v) is 4.42. The molecule has 1 aliphatic rings. The molecule has 0 unspecified atom stereocenters. The van der Waals surface area contributed by atoms with Gasteiger partial charge in [-0.3, -0.25) is 0 Å². The average molecular weight is 197 g/mol. The van der Waals surface area contributed by atoms with E-state index in [2.05, 4.69) is 16.7 Å². The minimum Gasteiger partial charge on any atom is -0.444 e. The minimum atomic E-state index is -0.775. The van der Waals surface area contributed by atoms with Gasteiger partial charge < -0.3 is 15.4 Å². The predicted octanol–water partition coefficient (Wildman–Crippen LogP) is 0.377. The van der Waals surface area contributed by atoms with Gasteiger partial charge in [0.2, 0.25) is 0 Å². The summed E-state index contributed by atoms with van der Waals surface area (Å²) in [5.74, 6) is 0. The zero-order valence-corrected chi connectivity index (χ0v) is 8.68. The van der Waals surface area contributed by atoms with Crippen molar-refractivity contribution in [1.29, 1.82) is 5.26 Å². The van der Waals surface area contributed by atoms with E-state index < -0.39 is 17.2 Å². The van der Waals surface area contributed by atoms with E-state index in [1.807, 2.05) is 0 Å². The molecule has 0 aromatic carbocycles. The Bertz CT molecular complexity index is 271. The molecular weight excluding hydrogens is 182 g/mol. The lowest BCUT2D eigenvalue weighted by Gasteiger charge is -2.37. The summed E-state index contributed by atoms with van der Waals surface area (Å²) in [5.41, 5.74) is -1.31. The SMILES string of the molecule is CC(C)(C)OC(=O)NC1(C#N)CNC1. The number of rotatable bonds is 1. The number of nitrogens with one attached hydrogen (secondary N) is 2. The molecule has 0 aromatic rings. The standard InChI is InChI=1S/C9H15N3O2/c1-8(2,3)14-7(13)12-9(4-10)5-11-6-9/h11H,5-6H2,1-3H3,(H,12,13). The monoisotopic (exact) mass is 197 g/mol. The van der Waals surface area contributed by atoms with E-state index in [1.54, 1.807) is 20.8 Å². The van der Waals surface area contributed by atoms with E-state index in [4.69, 9.17) is 10.00 Å². The number of nitriles is 1. The molecule has 5 nitrogen and oxygen atoms in total. The van der Waals surface area contributed by atoms with E-state index >= 15 is 0 Å². The van der Waals surface area contributed by atoms with Crippen molar-refractivity contribution in [3.8, 4) is 6.07 Å². The number of carbonyl (C=O) groups is 1. The summed E-state index contributed by atoms with van der Waals surface area (Å²) in [6.07, 6.45) is -0.541. The Kier molecular flexibility index (Phi) is 2.67. The molecular formula is C9H15N3O2. The van der Waals surface area contributed by atoms with Crippen LogP contribution in [0.15, 0.2) is 0 Å². The lowest BCUT2D eigenvalue weighted by Crippen LogP contribution is -2.68. The van der Waals surface area contributed by atoms with Gasteiger partial charge in [-0.15, -0.1) is 0 Å². The number of hydrogen-bond donors (Lipinski definition) is 2. The second-order valence-electron chi connectivity index (χ2n) is 4.42. The normalized spacial score (nSPS) is 19.0. The first-order valence-corrected chi connectivity index (χ1v) is 4.50. The van der Waals surface area contributed by atoms with Crippen LogP contribution in [0.1, 0.15) is 20.8 Å². The van der Waals surface area contributed by atoms with Crippen LogP contribution in [0.5, 0.6) is 0 Å². The predicted molar refractivity (Wildman–Crippen MR) is 50.6 cm³/mol. The van der Waals surface area contributed by atoms with E-state index in [-0.39, 0.29) is 0 Å². The van der Waals surface area contributed by atoms with Gasteiger partial charge in [-0.1, -0.05) is 0 Å². The molecule has 5 heteroatoms. The first-order valence-electron chi connectivity index (χ1n) is 4.50. The molecule has 0 atom stereocenters. The van der Waals surface area contributed by atoms with Crippen LogP contribution in [0.3, 0.4) is 0 Å². The Balaban J connectivity index is 2.45. The van der Waals surface area contributed by atoms with E-state index in [1.165, 1.54) is 0 Å². The number of hydrogen-bond acceptors (Lipinski definition) is 4.